The molecule has 0 spiro atoms. The van der Waals surface area contributed by atoms with Gasteiger partial charge in [-0.05, 0) is 18.2 Å². The molecule has 0 aliphatic carbocycles. The molecule has 2 N–H and O–H groups in total. The highest BCUT2D eigenvalue weighted by Crippen LogP contribution is 2.28. The van der Waals surface area contributed by atoms with Crippen molar-refractivity contribution in [3.63, 3.8) is 0 Å². The van der Waals surface area contributed by atoms with Gasteiger partial charge in [-0.3, -0.25) is 0 Å². The van der Waals surface area contributed by atoms with Crippen molar-refractivity contribution in [3.8, 4) is 23.0 Å². The Morgan fingerprint density at radius 2 is 2.05 bits per heavy atom. The highest BCUT2D eigenvalue weighted by Gasteiger charge is 2.14. The summed E-state index contributed by atoms with van der Waals surface area (Å²) in [7, 11) is 0. The molecule has 0 amide bonds. The minimum Gasteiger partial charge on any atom is -0.332 e. The van der Waals surface area contributed by atoms with Crippen molar-refractivity contribution < 1.29 is 4.52 Å². The number of aromatic nitrogens is 3. The Kier molecular flexibility index (Phi) is 3.71. The fourth-order valence-electron chi connectivity index (χ4n) is 1.58. The van der Waals surface area contributed by atoms with E-state index in [0.29, 0.717) is 34.0 Å². The maximum Gasteiger partial charge on any atom is 0.277 e. The monoisotopic (exact) mass is 326 g/mol. The van der Waals surface area contributed by atoms with E-state index in [0.717, 1.165) is 10.6 Å². The Morgan fingerprint density at radius 3 is 2.75 bits per heavy atom. The maximum atomic E-state index is 5.97. The van der Waals surface area contributed by atoms with Gasteiger partial charge in [0, 0.05) is 17.5 Å². The Morgan fingerprint density at radius 1 is 1.20 bits per heavy atom. The first-order chi connectivity index (χ1) is 9.67. The van der Waals surface area contributed by atoms with Crippen LogP contribution in [0.3, 0.4) is 0 Å². The second kappa shape index (κ2) is 5.49. The first kappa shape index (κ1) is 13.5. The lowest BCUT2D eigenvalue weighted by atomic mass is 10.2. The van der Waals surface area contributed by atoms with Crippen LogP contribution in [0.2, 0.25) is 10.0 Å². The molecule has 0 fully saturated rings. The second-order valence-corrected chi connectivity index (χ2v) is 5.64. The van der Waals surface area contributed by atoms with E-state index in [1.54, 1.807) is 18.2 Å². The van der Waals surface area contributed by atoms with E-state index in [1.807, 2.05) is 5.38 Å². The van der Waals surface area contributed by atoms with Gasteiger partial charge in [0.2, 0.25) is 5.82 Å². The largest absolute Gasteiger partial charge is 0.332 e. The van der Waals surface area contributed by atoms with Crippen molar-refractivity contribution in [3.05, 3.63) is 38.6 Å². The first-order valence-corrected chi connectivity index (χ1v) is 7.25. The van der Waals surface area contributed by atoms with Crippen LogP contribution >= 0.6 is 34.5 Å². The number of hydrogen-bond donors (Lipinski definition) is 1. The highest BCUT2D eigenvalue weighted by molar-refractivity contribution is 7.09. The molecule has 8 heteroatoms. The zero-order valence-corrected chi connectivity index (χ0v) is 12.3. The number of nitrogens with two attached hydrogens (primary N) is 1. The molecule has 0 atom stereocenters. The van der Waals surface area contributed by atoms with Gasteiger partial charge >= 0.3 is 0 Å². The molecule has 0 saturated carbocycles. The molecular formula is C12H8Cl2N4OS. The third-order valence-corrected chi connectivity index (χ3v) is 4.16. The standard InChI is InChI=1S/C12H8Cl2N4OS/c13-7-2-1-6(3-8(7)14)11-17-12(19-18-11)9-5-20-10(4-15)16-9/h1-3,5H,4,15H2. The van der Waals surface area contributed by atoms with Crippen LogP contribution in [0.15, 0.2) is 28.1 Å². The van der Waals surface area contributed by atoms with Crippen LogP contribution in [0.4, 0.5) is 0 Å². The topological polar surface area (TPSA) is 77.8 Å². The molecular weight excluding hydrogens is 319 g/mol. The van der Waals surface area contributed by atoms with Crippen molar-refractivity contribution in [1.29, 1.82) is 0 Å². The number of rotatable bonds is 3. The second-order valence-electron chi connectivity index (χ2n) is 3.88. The smallest absolute Gasteiger partial charge is 0.277 e. The summed E-state index contributed by atoms with van der Waals surface area (Å²) in [6.07, 6.45) is 0. The van der Waals surface area contributed by atoms with E-state index < -0.39 is 0 Å². The average Bonchev–Trinajstić information content (AvgIpc) is 3.09. The molecule has 3 rings (SSSR count). The van der Waals surface area contributed by atoms with Crippen molar-refractivity contribution in [2.75, 3.05) is 0 Å². The van der Waals surface area contributed by atoms with E-state index >= 15 is 0 Å². The van der Waals surface area contributed by atoms with Gasteiger partial charge in [-0.25, -0.2) is 4.98 Å². The van der Waals surface area contributed by atoms with E-state index in [2.05, 4.69) is 15.1 Å². The van der Waals surface area contributed by atoms with Crippen LogP contribution in [0.5, 0.6) is 0 Å². The molecule has 0 unspecified atom stereocenters. The molecule has 3 aromatic rings. The van der Waals surface area contributed by atoms with E-state index in [4.69, 9.17) is 33.5 Å². The van der Waals surface area contributed by atoms with Gasteiger partial charge in [-0.1, -0.05) is 28.4 Å². The third kappa shape index (κ3) is 2.55. The Hall–Kier alpha value is -1.47. The molecule has 5 nitrogen and oxygen atoms in total. The summed E-state index contributed by atoms with van der Waals surface area (Å²) in [4.78, 5) is 8.58. The minimum atomic E-state index is 0.349. The van der Waals surface area contributed by atoms with Gasteiger partial charge in [-0.2, -0.15) is 4.98 Å². The molecule has 0 radical (unpaired) electrons. The van der Waals surface area contributed by atoms with E-state index in [9.17, 15) is 0 Å². The zero-order chi connectivity index (χ0) is 14.1. The van der Waals surface area contributed by atoms with Gasteiger partial charge < -0.3 is 10.3 Å². The average molecular weight is 327 g/mol. The van der Waals surface area contributed by atoms with Crippen LogP contribution in [0.1, 0.15) is 5.01 Å². The number of halogens is 2. The van der Waals surface area contributed by atoms with Crippen molar-refractivity contribution in [1.82, 2.24) is 15.1 Å². The molecule has 0 aliphatic heterocycles. The number of thiazole rings is 1. The summed E-state index contributed by atoms with van der Waals surface area (Å²) < 4.78 is 5.20. The van der Waals surface area contributed by atoms with Crippen molar-refractivity contribution >= 4 is 34.5 Å². The quantitative estimate of drug-likeness (QED) is 0.795. The van der Waals surface area contributed by atoms with E-state index in [-0.39, 0.29) is 0 Å². The molecule has 0 bridgehead atoms. The summed E-state index contributed by atoms with van der Waals surface area (Å²) in [5.41, 5.74) is 6.87. The summed E-state index contributed by atoms with van der Waals surface area (Å²) in [6, 6.07) is 5.14. The van der Waals surface area contributed by atoms with Gasteiger partial charge in [0.15, 0.2) is 0 Å². The highest BCUT2D eigenvalue weighted by atomic mass is 35.5. The van der Waals surface area contributed by atoms with Crippen LogP contribution in [-0.4, -0.2) is 15.1 Å². The Labute approximate surface area is 128 Å². The first-order valence-electron chi connectivity index (χ1n) is 5.61. The van der Waals surface area contributed by atoms with Gasteiger partial charge in [0.05, 0.1) is 10.0 Å². The van der Waals surface area contributed by atoms with Gasteiger partial charge in [-0.15, -0.1) is 11.3 Å². The summed E-state index contributed by atoms with van der Waals surface area (Å²) >= 11 is 13.3. The molecule has 1 aromatic carbocycles. The fraction of sp³-hybridized carbons (Fsp3) is 0.0833. The fourth-order valence-corrected chi connectivity index (χ4v) is 2.53. The lowest BCUT2D eigenvalue weighted by Crippen LogP contribution is -1.94. The Bertz CT molecular complexity index is 756. The summed E-state index contributed by atoms with van der Waals surface area (Å²) in [5.74, 6) is 0.780. The van der Waals surface area contributed by atoms with Crippen LogP contribution < -0.4 is 5.73 Å². The number of benzene rings is 1. The van der Waals surface area contributed by atoms with Crippen LogP contribution in [0.25, 0.3) is 23.0 Å². The molecule has 2 heterocycles. The molecule has 102 valence electrons. The van der Waals surface area contributed by atoms with Crippen molar-refractivity contribution in [2.24, 2.45) is 5.73 Å². The van der Waals surface area contributed by atoms with E-state index in [1.165, 1.54) is 11.3 Å². The zero-order valence-electron chi connectivity index (χ0n) is 10.0. The lowest BCUT2D eigenvalue weighted by molar-refractivity contribution is 0.431. The Balaban J connectivity index is 1.95. The molecule has 0 aliphatic rings. The van der Waals surface area contributed by atoms with Crippen molar-refractivity contribution in [2.45, 2.75) is 6.54 Å². The van der Waals surface area contributed by atoms with Gasteiger partial charge in [0.1, 0.15) is 10.7 Å². The summed E-state index contributed by atoms with van der Waals surface area (Å²) in [6.45, 7) is 0.387. The lowest BCUT2D eigenvalue weighted by Gasteiger charge is -1.97. The minimum absolute atomic E-state index is 0.349. The number of hydrogen-bond acceptors (Lipinski definition) is 6. The molecule has 20 heavy (non-hydrogen) atoms. The van der Waals surface area contributed by atoms with Gasteiger partial charge in [0.25, 0.3) is 5.89 Å². The van der Waals surface area contributed by atoms with Crippen LogP contribution in [-0.2, 0) is 6.54 Å². The third-order valence-electron chi connectivity index (χ3n) is 2.55. The van der Waals surface area contributed by atoms with Crippen LogP contribution in [0, 0.1) is 0 Å². The molecule has 2 aromatic heterocycles. The summed E-state index contributed by atoms with van der Waals surface area (Å²) in [5, 5.41) is 7.47. The normalized spacial score (nSPS) is 10.9. The SMILES string of the molecule is NCc1nc(-c2nc(-c3ccc(Cl)c(Cl)c3)no2)cs1. The predicted octanol–water partition coefficient (Wildman–Crippen LogP) is 3.63. The predicted molar refractivity (Wildman–Crippen MR) is 78.8 cm³/mol. The maximum absolute atomic E-state index is 5.97. The molecule has 0 saturated heterocycles. The number of nitrogens with zero attached hydrogens (tertiary/aromatic N) is 3.